The van der Waals surface area contributed by atoms with Gasteiger partial charge in [0.05, 0.1) is 19.8 Å². The zero-order valence-electron chi connectivity index (χ0n) is 19.8. The van der Waals surface area contributed by atoms with Crippen molar-refractivity contribution < 1.29 is 18.7 Å². The van der Waals surface area contributed by atoms with Crippen LogP contribution in [0.5, 0.6) is 5.75 Å². The predicted octanol–water partition coefficient (Wildman–Crippen LogP) is 4.66. The first-order valence-electron chi connectivity index (χ1n) is 12.0. The standard InChI is InChI=1S/C27H35FN2O3/c1-27(2,28)20-29-13-11-21(12-14-29)19-33-25-9-7-23(8-10-25)22-3-5-24(6-4-22)26(31)30-15-17-32-18-16-30/h3-10,21H,11-20H2,1-2H3. The summed E-state index contributed by atoms with van der Waals surface area (Å²) in [6.45, 7) is 8.87. The van der Waals surface area contributed by atoms with Crippen LogP contribution in [-0.2, 0) is 4.74 Å². The summed E-state index contributed by atoms with van der Waals surface area (Å²) in [6.07, 6.45) is 2.09. The third-order valence-electron chi connectivity index (χ3n) is 6.41. The molecule has 1 amide bonds. The smallest absolute Gasteiger partial charge is 0.254 e. The topological polar surface area (TPSA) is 42.0 Å². The zero-order chi connectivity index (χ0) is 23.3. The monoisotopic (exact) mass is 454 g/mol. The lowest BCUT2D eigenvalue weighted by Crippen LogP contribution is -2.41. The van der Waals surface area contributed by atoms with E-state index in [1.165, 1.54) is 0 Å². The summed E-state index contributed by atoms with van der Waals surface area (Å²) in [7, 11) is 0. The Kier molecular flexibility index (Phi) is 7.66. The highest BCUT2D eigenvalue weighted by Gasteiger charge is 2.25. The molecule has 0 N–H and O–H groups in total. The number of carbonyl (C=O) groups excluding carboxylic acids is 1. The molecule has 0 radical (unpaired) electrons. The quantitative estimate of drug-likeness (QED) is 0.610. The number of rotatable bonds is 7. The minimum Gasteiger partial charge on any atom is -0.493 e. The van der Waals surface area contributed by atoms with Gasteiger partial charge in [0.15, 0.2) is 0 Å². The third-order valence-corrected chi connectivity index (χ3v) is 6.41. The molecular formula is C27H35FN2O3. The first kappa shape index (κ1) is 23.7. The van der Waals surface area contributed by atoms with Gasteiger partial charge in [-0.3, -0.25) is 4.79 Å². The number of benzene rings is 2. The molecule has 0 unspecified atom stereocenters. The molecule has 2 heterocycles. The van der Waals surface area contributed by atoms with E-state index in [0.29, 0.717) is 50.9 Å². The number of hydrogen-bond acceptors (Lipinski definition) is 4. The van der Waals surface area contributed by atoms with Crippen molar-refractivity contribution in [3.8, 4) is 16.9 Å². The number of nitrogens with zero attached hydrogens (tertiary/aromatic N) is 2. The number of piperidine rings is 1. The lowest BCUT2D eigenvalue weighted by molar-refractivity contribution is 0.0303. The van der Waals surface area contributed by atoms with Crippen molar-refractivity contribution in [3.05, 3.63) is 54.1 Å². The molecule has 2 saturated heterocycles. The lowest BCUT2D eigenvalue weighted by atomic mass is 9.97. The fraction of sp³-hybridized carbons (Fsp3) is 0.519. The number of ether oxygens (including phenoxy) is 2. The molecule has 0 spiro atoms. The second-order valence-corrected chi connectivity index (χ2v) is 9.76. The summed E-state index contributed by atoms with van der Waals surface area (Å²) in [4.78, 5) is 16.7. The van der Waals surface area contributed by atoms with E-state index in [-0.39, 0.29) is 5.91 Å². The van der Waals surface area contributed by atoms with Gasteiger partial charge in [-0.25, -0.2) is 4.39 Å². The van der Waals surface area contributed by atoms with Gasteiger partial charge in [-0.05, 0) is 81.1 Å². The van der Waals surface area contributed by atoms with Crippen LogP contribution >= 0.6 is 0 Å². The summed E-state index contributed by atoms with van der Waals surface area (Å²) in [5, 5.41) is 0. The van der Waals surface area contributed by atoms with E-state index in [0.717, 1.165) is 42.8 Å². The van der Waals surface area contributed by atoms with Crippen LogP contribution in [0, 0.1) is 5.92 Å². The molecule has 0 bridgehead atoms. The third kappa shape index (κ3) is 6.78. The highest BCUT2D eigenvalue weighted by molar-refractivity contribution is 5.94. The van der Waals surface area contributed by atoms with E-state index in [1.54, 1.807) is 13.8 Å². The van der Waals surface area contributed by atoms with E-state index in [1.807, 2.05) is 41.3 Å². The van der Waals surface area contributed by atoms with Crippen LogP contribution in [0.25, 0.3) is 11.1 Å². The van der Waals surface area contributed by atoms with Gasteiger partial charge < -0.3 is 19.3 Å². The minimum absolute atomic E-state index is 0.0628. The van der Waals surface area contributed by atoms with E-state index >= 15 is 0 Å². The van der Waals surface area contributed by atoms with Crippen molar-refractivity contribution in [1.29, 1.82) is 0 Å². The summed E-state index contributed by atoms with van der Waals surface area (Å²) in [6, 6.07) is 15.9. The first-order chi connectivity index (χ1) is 15.9. The number of alkyl halides is 1. The van der Waals surface area contributed by atoms with Gasteiger partial charge in [-0.15, -0.1) is 0 Å². The Morgan fingerprint density at radius 1 is 0.970 bits per heavy atom. The maximum absolute atomic E-state index is 13.8. The molecule has 5 nitrogen and oxygen atoms in total. The van der Waals surface area contributed by atoms with Crippen molar-refractivity contribution >= 4 is 5.91 Å². The fourth-order valence-electron chi connectivity index (χ4n) is 4.55. The maximum Gasteiger partial charge on any atom is 0.254 e. The minimum atomic E-state index is -1.14. The number of halogens is 1. The summed E-state index contributed by atoms with van der Waals surface area (Å²) < 4.78 is 25.2. The summed E-state index contributed by atoms with van der Waals surface area (Å²) in [5.74, 6) is 1.44. The molecule has 2 aromatic rings. The van der Waals surface area contributed by atoms with Crippen molar-refractivity contribution in [3.63, 3.8) is 0 Å². The van der Waals surface area contributed by atoms with Crippen LogP contribution in [-0.4, -0.2) is 73.9 Å². The normalized spacial score (nSPS) is 18.3. The summed E-state index contributed by atoms with van der Waals surface area (Å²) in [5.41, 5.74) is 1.74. The number of carbonyl (C=O) groups is 1. The van der Waals surface area contributed by atoms with E-state index in [9.17, 15) is 9.18 Å². The second kappa shape index (κ2) is 10.7. The Labute approximate surface area is 196 Å². The lowest BCUT2D eigenvalue weighted by Gasteiger charge is -2.34. The van der Waals surface area contributed by atoms with Crippen molar-refractivity contribution in [2.75, 3.05) is 52.5 Å². The number of hydrogen-bond donors (Lipinski definition) is 0. The molecule has 33 heavy (non-hydrogen) atoms. The van der Waals surface area contributed by atoms with E-state index in [2.05, 4.69) is 17.0 Å². The molecule has 4 rings (SSSR count). The molecule has 2 aliphatic heterocycles. The van der Waals surface area contributed by atoms with Gasteiger partial charge in [-0.2, -0.15) is 0 Å². The molecule has 2 fully saturated rings. The van der Waals surface area contributed by atoms with Crippen LogP contribution in [0.1, 0.15) is 37.0 Å². The maximum atomic E-state index is 13.8. The van der Waals surface area contributed by atoms with Crippen LogP contribution in [0.3, 0.4) is 0 Å². The molecule has 178 valence electrons. The Bertz CT molecular complexity index is 894. The molecule has 0 aromatic heterocycles. The highest BCUT2D eigenvalue weighted by Crippen LogP contribution is 2.25. The van der Waals surface area contributed by atoms with Gasteiger partial charge in [0.2, 0.25) is 0 Å². The Morgan fingerprint density at radius 2 is 1.55 bits per heavy atom. The average molecular weight is 455 g/mol. The largest absolute Gasteiger partial charge is 0.493 e. The van der Waals surface area contributed by atoms with Gasteiger partial charge in [-0.1, -0.05) is 24.3 Å². The number of morpholine rings is 1. The van der Waals surface area contributed by atoms with Crippen LogP contribution < -0.4 is 4.74 Å². The fourth-order valence-corrected chi connectivity index (χ4v) is 4.55. The van der Waals surface area contributed by atoms with Gasteiger partial charge >= 0.3 is 0 Å². The molecular weight excluding hydrogens is 419 g/mol. The van der Waals surface area contributed by atoms with Crippen LogP contribution in [0.15, 0.2) is 48.5 Å². The molecule has 2 aliphatic rings. The average Bonchev–Trinajstić information content (AvgIpc) is 2.83. The number of likely N-dealkylation sites (tertiary alicyclic amines) is 1. The Balaban J connectivity index is 1.26. The van der Waals surface area contributed by atoms with E-state index in [4.69, 9.17) is 9.47 Å². The molecule has 0 atom stereocenters. The zero-order valence-corrected chi connectivity index (χ0v) is 19.8. The SMILES string of the molecule is CC(C)(F)CN1CCC(COc2ccc(-c3ccc(C(=O)N4CCOCC4)cc3)cc2)CC1. The number of amides is 1. The summed E-state index contributed by atoms with van der Waals surface area (Å²) >= 11 is 0. The van der Waals surface area contributed by atoms with E-state index < -0.39 is 5.67 Å². The van der Waals surface area contributed by atoms with Gasteiger partial charge in [0.1, 0.15) is 11.4 Å². The Hall–Kier alpha value is -2.44. The molecule has 6 heteroatoms. The van der Waals surface area contributed by atoms with Crippen LogP contribution in [0.4, 0.5) is 4.39 Å². The second-order valence-electron chi connectivity index (χ2n) is 9.76. The first-order valence-corrected chi connectivity index (χ1v) is 12.0. The highest BCUT2D eigenvalue weighted by atomic mass is 19.1. The van der Waals surface area contributed by atoms with Gasteiger partial charge in [0, 0.05) is 25.2 Å². The Morgan fingerprint density at radius 3 is 2.12 bits per heavy atom. The van der Waals surface area contributed by atoms with Crippen molar-refractivity contribution in [2.45, 2.75) is 32.4 Å². The predicted molar refractivity (Wildman–Crippen MR) is 128 cm³/mol. The molecule has 2 aromatic carbocycles. The van der Waals surface area contributed by atoms with Crippen LogP contribution in [0.2, 0.25) is 0 Å². The molecule has 0 aliphatic carbocycles. The van der Waals surface area contributed by atoms with Crippen molar-refractivity contribution in [1.82, 2.24) is 9.80 Å². The molecule has 0 saturated carbocycles. The van der Waals surface area contributed by atoms with Crippen molar-refractivity contribution in [2.24, 2.45) is 5.92 Å². The van der Waals surface area contributed by atoms with Gasteiger partial charge in [0.25, 0.3) is 5.91 Å².